The molecule has 1 fully saturated rings. The molecule has 0 amide bonds. The number of aromatic nitrogens is 2. The Hall–Kier alpha value is -3.13. The van der Waals surface area contributed by atoms with E-state index in [1.807, 2.05) is 25.7 Å². The van der Waals surface area contributed by atoms with Crippen LogP contribution in [-0.4, -0.2) is 56.9 Å². The van der Waals surface area contributed by atoms with Crippen molar-refractivity contribution in [3.05, 3.63) is 34.1 Å². The summed E-state index contributed by atoms with van der Waals surface area (Å²) >= 11 is 0. The zero-order valence-electron chi connectivity index (χ0n) is 20.6. The number of fused-ring (bicyclic) bond motifs is 1. The lowest BCUT2D eigenvalue weighted by molar-refractivity contribution is 0.334. The first kappa shape index (κ1) is 25.9. The number of hydrogen-bond acceptors (Lipinski definition) is 9. The SMILES string of the molecule is CC(C)(C)CCn1nc(N2CCCC2)c(O)c(C2=NS(=O)(=O)c3cc(NS(C)(=O)=O)ccc3N2)c1=O. The molecule has 1 aromatic heterocycles. The van der Waals surface area contributed by atoms with Crippen LogP contribution in [0.4, 0.5) is 17.2 Å². The Morgan fingerprint density at radius 2 is 1.86 bits per heavy atom. The van der Waals surface area contributed by atoms with Crippen LogP contribution in [0.3, 0.4) is 0 Å². The fraction of sp³-hybridized carbons (Fsp3) is 0.500. The number of anilines is 3. The second kappa shape index (κ2) is 9.07. The first-order valence-corrected chi connectivity index (χ1v) is 14.8. The topological polar surface area (TPSA) is 163 Å². The van der Waals surface area contributed by atoms with Crippen molar-refractivity contribution >= 4 is 43.1 Å². The van der Waals surface area contributed by atoms with Crippen molar-refractivity contribution in [1.82, 2.24) is 9.78 Å². The smallest absolute Gasteiger partial charge is 0.286 e. The second-order valence-corrected chi connectivity index (χ2v) is 13.5. The van der Waals surface area contributed by atoms with Gasteiger partial charge < -0.3 is 15.3 Å². The van der Waals surface area contributed by atoms with Gasteiger partial charge in [0.15, 0.2) is 17.4 Å². The number of sulfonamides is 2. The van der Waals surface area contributed by atoms with Crippen molar-refractivity contribution in [3.63, 3.8) is 0 Å². The third kappa shape index (κ3) is 5.48. The van der Waals surface area contributed by atoms with E-state index < -0.39 is 31.4 Å². The maximum Gasteiger partial charge on any atom is 0.286 e. The number of amidine groups is 1. The average molecular weight is 539 g/mol. The van der Waals surface area contributed by atoms with Crippen molar-refractivity contribution < 1.29 is 21.9 Å². The van der Waals surface area contributed by atoms with Gasteiger partial charge in [0.1, 0.15) is 10.5 Å². The molecule has 1 aromatic carbocycles. The molecule has 4 rings (SSSR count). The van der Waals surface area contributed by atoms with E-state index in [1.165, 1.54) is 16.8 Å². The summed E-state index contributed by atoms with van der Waals surface area (Å²) in [4.78, 5) is 15.0. The molecule has 0 spiro atoms. The predicted molar refractivity (Wildman–Crippen MR) is 138 cm³/mol. The highest BCUT2D eigenvalue weighted by atomic mass is 32.2. The van der Waals surface area contributed by atoms with Crippen LogP contribution in [0.25, 0.3) is 0 Å². The van der Waals surface area contributed by atoms with Crippen molar-refractivity contribution in [2.45, 2.75) is 51.5 Å². The van der Waals surface area contributed by atoms with Gasteiger partial charge in [-0.2, -0.15) is 8.42 Å². The van der Waals surface area contributed by atoms with Gasteiger partial charge in [-0.3, -0.25) is 9.52 Å². The molecular formula is C22H30N6O6S2. The summed E-state index contributed by atoms with van der Waals surface area (Å²) in [6.07, 6.45) is 3.38. The lowest BCUT2D eigenvalue weighted by Crippen LogP contribution is -2.36. The Morgan fingerprint density at radius 1 is 1.19 bits per heavy atom. The van der Waals surface area contributed by atoms with Crippen molar-refractivity contribution in [2.24, 2.45) is 9.81 Å². The highest BCUT2D eigenvalue weighted by Crippen LogP contribution is 2.35. The Bertz CT molecular complexity index is 1500. The molecular weight excluding hydrogens is 508 g/mol. The summed E-state index contributed by atoms with van der Waals surface area (Å²) in [7, 11) is -7.96. The zero-order chi connectivity index (χ0) is 26.5. The van der Waals surface area contributed by atoms with Gasteiger partial charge in [-0.25, -0.2) is 13.1 Å². The van der Waals surface area contributed by atoms with Gasteiger partial charge >= 0.3 is 0 Å². The Morgan fingerprint density at radius 3 is 2.47 bits per heavy atom. The van der Waals surface area contributed by atoms with Gasteiger partial charge in [-0.15, -0.1) is 9.50 Å². The minimum atomic E-state index is -4.33. The van der Waals surface area contributed by atoms with Gasteiger partial charge in [-0.1, -0.05) is 20.8 Å². The van der Waals surface area contributed by atoms with Gasteiger partial charge in [0.05, 0.1) is 11.9 Å². The number of benzene rings is 1. The van der Waals surface area contributed by atoms with Crippen LogP contribution in [0, 0.1) is 5.41 Å². The molecule has 3 heterocycles. The molecule has 12 nitrogen and oxygen atoms in total. The fourth-order valence-corrected chi connectivity index (χ4v) is 5.75. The molecule has 196 valence electrons. The van der Waals surface area contributed by atoms with Gasteiger partial charge in [0.25, 0.3) is 15.6 Å². The summed E-state index contributed by atoms with van der Waals surface area (Å²) in [5.41, 5.74) is -0.895. The number of hydrogen-bond donors (Lipinski definition) is 3. The number of aromatic hydroxyl groups is 1. The van der Waals surface area contributed by atoms with Crippen molar-refractivity contribution in [2.75, 3.05) is 34.3 Å². The molecule has 0 unspecified atom stereocenters. The van der Waals surface area contributed by atoms with Crippen LogP contribution in [-0.2, 0) is 26.6 Å². The molecule has 2 aliphatic rings. The largest absolute Gasteiger partial charge is 0.504 e. The van der Waals surface area contributed by atoms with Crippen LogP contribution < -0.4 is 20.5 Å². The van der Waals surface area contributed by atoms with Gasteiger partial charge in [0.2, 0.25) is 10.0 Å². The standard InChI is InChI=1S/C22H30N6O6S2/c1-22(2,3)9-12-28-21(30)17(18(29)20(24-28)27-10-5-6-11-27)19-23-15-8-7-14(25-35(4,31)32)13-16(15)36(33,34)26-19/h7-8,13,25,29H,5-6,9-12H2,1-4H3,(H,23,26). The third-order valence-electron chi connectivity index (χ3n) is 5.86. The molecule has 0 atom stereocenters. The van der Waals surface area contributed by atoms with Gasteiger partial charge in [0, 0.05) is 25.3 Å². The second-order valence-electron chi connectivity index (χ2n) is 10.2. The van der Waals surface area contributed by atoms with E-state index in [-0.39, 0.29) is 45.4 Å². The number of aryl methyl sites for hydroxylation is 1. The summed E-state index contributed by atoms with van der Waals surface area (Å²) in [5.74, 6) is -0.549. The van der Waals surface area contributed by atoms with Crippen LogP contribution in [0.15, 0.2) is 32.3 Å². The number of nitrogens with one attached hydrogen (secondary N) is 2. The average Bonchev–Trinajstić information content (AvgIpc) is 3.26. The predicted octanol–water partition coefficient (Wildman–Crippen LogP) is 1.92. The lowest BCUT2D eigenvalue weighted by Gasteiger charge is -2.24. The van der Waals surface area contributed by atoms with E-state index in [9.17, 15) is 26.7 Å². The molecule has 0 aliphatic carbocycles. The summed E-state index contributed by atoms with van der Waals surface area (Å²) in [5, 5.41) is 18.4. The Labute approximate surface area is 210 Å². The van der Waals surface area contributed by atoms with Crippen molar-refractivity contribution in [3.8, 4) is 5.75 Å². The monoisotopic (exact) mass is 538 g/mol. The highest BCUT2D eigenvalue weighted by Gasteiger charge is 2.32. The molecule has 0 radical (unpaired) electrons. The third-order valence-corrected chi connectivity index (χ3v) is 7.78. The Balaban J connectivity index is 1.83. The fourth-order valence-electron chi connectivity index (χ4n) is 4.04. The van der Waals surface area contributed by atoms with Gasteiger partial charge in [-0.05, 0) is 42.9 Å². The normalized spacial score (nSPS) is 17.3. The number of nitrogens with zero attached hydrogens (tertiary/aromatic N) is 4. The molecule has 0 bridgehead atoms. The molecule has 1 saturated heterocycles. The first-order valence-electron chi connectivity index (χ1n) is 11.5. The van der Waals surface area contributed by atoms with E-state index in [4.69, 9.17) is 0 Å². The molecule has 2 aromatic rings. The van der Waals surface area contributed by atoms with E-state index in [1.54, 1.807) is 0 Å². The highest BCUT2D eigenvalue weighted by molar-refractivity contribution is 7.92. The summed E-state index contributed by atoms with van der Waals surface area (Å²) < 4.78 is 56.5. The minimum absolute atomic E-state index is 0.0490. The lowest BCUT2D eigenvalue weighted by atomic mass is 9.92. The maximum absolute atomic E-state index is 13.4. The maximum atomic E-state index is 13.4. The molecule has 36 heavy (non-hydrogen) atoms. The van der Waals surface area contributed by atoms with Crippen LogP contribution >= 0.6 is 0 Å². The van der Waals surface area contributed by atoms with Crippen LogP contribution in [0.2, 0.25) is 0 Å². The molecule has 2 aliphatic heterocycles. The Kier molecular flexibility index (Phi) is 6.54. The molecule has 0 saturated carbocycles. The van der Waals surface area contributed by atoms with E-state index >= 15 is 0 Å². The molecule has 14 heteroatoms. The van der Waals surface area contributed by atoms with E-state index in [0.717, 1.165) is 25.2 Å². The summed E-state index contributed by atoms with van der Waals surface area (Å²) in [6.45, 7) is 7.66. The van der Waals surface area contributed by atoms with E-state index in [2.05, 4.69) is 19.5 Å². The van der Waals surface area contributed by atoms with Crippen molar-refractivity contribution in [1.29, 1.82) is 0 Å². The first-order chi connectivity index (χ1) is 16.6. The van der Waals surface area contributed by atoms with Crippen LogP contribution in [0.5, 0.6) is 5.75 Å². The zero-order valence-corrected chi connectivity index (χ0v) is 22.2. The minimum Gasteiger partial charge on any atom is -0.504 e. The summed E-state index contributed by atoms with van der Waals surface area (Å²) in [6, 6.07) is 3.89. The number of rotatable bonds is 6. The van der Waals surface area contributed by atoms with E-state index in [0.29, 0.717) is 19.5 Å². The quantitative estimate of drug-likeness (QED) is 0.498. The van der Waals surface area contributed by atoms with Crippen LogP contribution in [0.1, 0.15) is 45.6 Å². The molecule has 3 N–H and O–H groups in total.